The fourth-order valence-corrected chi connectivity index (χ4v) is 3.34. The van der Waals surface area contributed by atoms with Gasteiger partial charge >= 0.3 is 0 Å². The van der Waals surface area contributed by atoms with Crippen LogP contribution in [-0.2, 0) is 21.2 Å². The molecule has 0 unspecified atom stereocenters. The van der Waals surface area contributed by atoms with Gasteiger partial charge in [-0.3, -0.25) is 9.52 Å². The fourth-order valence-electron chi connectivity index (χ4n) is 2.10. The summed E-state index contributed by atoms with van der Waals surface area (Å²) < 4.78 is 27.1. The van der Waals surface area contributed by atoms with Crippen molar-refractivity contribution in [1.29, 1.82) is 0 Å². The molecule has 2 N–H and O–H groups in total. The first kappa shape index (κ1) is 13.9. The van der Waals surface area contributed by atoms with E-state index in [1.165, 1.54) is 12.1 Å². The van der Waals surface area contributed by atoms with Gasteiger partial charge in [0.25, 0.3) is 10.0 Å². The molecule has 2 aromatic carbocycles. The Hall–Kier alpha value is -2.05. The molecule has 0 fully saturated rings. The molecule has 1 heterocycles. The molecule has 0 atom stereocenters. The molecule has 0 aromatic heterocycles. The monoisotopic (exact) mass is 322 g/mol. The predicted molar refractivity (Wildman–Crippen MR) is 81.0 cm³/mol. The molecule has 0 saturated heterocycles. The zero-order valence-electron chi connectivity index (χ0n) is 10.8. The summed E-state index contributed by atoms with van der Waals surface area (Å²) in [5.74, 6) is -0.134. The van der Waals surface area contributed by atoms with Gasteiger partial charge < -0.3 is 5.32 Å². The highest BCUT2D eigenvalue weighted by molar-refractivity contribution is 7.92. The van der Waals surface area contributed by atoms with Gasteiger partial charge in [0.1, 0.15) is 0 Å². The summed E-state index contributed by atoms with van der Waals surface area (Å²) in [7, 11) is -3.70. The molecule has 0 spiro atoms. The van der Waals surface area contributed by atoms with Crippen LogP contribution in [0.2, 0.25) is 5.02 Å². The van der Waals surface area contributed by atoms with Crippen LogP contribution >= 0.6 is 11.6 Å². The summed E-state index contributed by atoms with van der Waals surface area (Å²) >= 11 is 5.76. The van der Waals surface area contributed by atoms with Gasteiger partial charge in [-0.15, -0.1) is 0 Å². The van der Waals surface area contributed by atoms with Crippen molar-refractivity contribution < 1.29 is 13.2 Å². The van der Waals surface area contributed by atoms with Crippen LogP contribution in [0.15, 0.2) is 47.4 Å². The number of rotatable bonds is 3. The first-order chi connectivity index (χ1) is 9.94. The number of amides is 1. The summed E-state index contributed by atoms with van der Waals surface area (Å²) in [5, 5.41) is 3.19. The van der Waals surface area contributed by atoms with Gasteiger partial charge in [-0.2, -0.15) is 0 Å². The second-order valence-corrected chi connectivity index (χ2v) is 6.78. The van der Waals surface area contributed by atoms with E-state index in [2.05, 4.69) is 10.0 Å². The Morgan fingerprint density at radius 3 is 2.52 bits per heavy atom. The van der Waals surface area contributed by atoms with Crippen LogP contribution in [-0.4, -0.2) is 14.3 Å². The van der Waals surface area contributed by atoms with Crippen LogP contribution in [0.5, 0.6) is 0 Å². The van der Waals surface area contributed by atoms with E-state index in [0.29, 0.717) is 22.0 Å². The number of carbonyl (C=O) groups is 1. The van der Waals surface area contributed by atoms with Crippen LogP contribution in [0.1, 0.15) is 5.56 Å². The van der Waals surface area contributed by atoms with E-state index in [9.17, 15) is 13.2 Å². The number of benzene rings is 2. The topological polar surface area (TPSA) is 75.3 Å². The fraction of sp³-hybridized carbons (Fsp3) is 0.0714. The van der Waals surface area contributed by atoms with Crippen LogP contribution in [0, 0.1) is 0 Å². The lowest BCUT2D eigenvalue weighted by Crippen LogP contribution is -2.13. The number of halogens is 1. The molecule has 7 heteroatoms. The highest BCUT2D eigenvalue weighted by Crippen LogP contribution is 2.27. The molecule has 5 nitrogen and oxygen atoms in total. The van der Waals surface area contributed by atoms with Gasteiger partial charge in [0.2, 0.25) is 5.91 Å². The summed E-state index contributed by atoms with van der Waals surface area (Å²) in [5.41, 5.74) is 1.76. The third kappa shape index (κ3) is 2.86. The number of fused-ring (bicyclic) bond motifs is 1. The van der Waals surface area contributed by atoms with Crippen LogP contribution in [0.25, 0.3) is 0 Å². The van der Waals surface area contributed by atoms with Crippen molar-refractivity contribution in [3.05, 3.63) is 53.1 Å². The van der Waals surface area contributed by atoms with Crippen molar-refractivity contribution in [2.75, 3.05) is 10.0 Å². The quantitative estimate of drug-likeness (QED) is 0.912. The molecule has 3 rings (SSSR count). The maximum atomic E-state index is 12.3. The van der Waals surface area contributed by atoms with Crippen LogP contribution in [0.4, 0.5) is 11.4 Å². The second kappa shape index (κ2) is 5.05. The Kier molecular flexibility index (Phi) is 3.35. The molecular weight excluding hydrogens is 312 g/mol. The molecule has 108 valence electrons. The molecule has 0 radical (unpaired) electrons. The van der Waals surface area contributed by atoms with Gasteiger partial charge in [0.05, 0.1) is 11.3 Å². The second-order valence-electron chi connectivity index (χ2n) is 4.66. The van der Waals surface area contributed by atoms with E-state index < -0.39 is 10.0 Å². The van der Waals surface area contributed by atoms with Crippen molar-refractivity contribution in [3.63, 3.8) is 0 Å². The summed E-state index contributed by atoms with van der Waals surface area (Å²) in [6.45, 7) is 0. The number of hydrogen-bond donors (Lipinski definition) is 2. The number of sulfonamides is 1. The Bertz CT molecular complexity index is 817. The lowest BCUT2D eigenvalue weighted by molar-refractivity contribution is -0.115. The maximum absolute atomic E-state index is 12.3. The maximum Gasteiger partial charge on any atom is 0.261 e. The first-order valence-corrected chi connectivity index (χ1v) is 8.01. The molecule has 2 aromatic rings. The number of carbonyl (C=O) groups excluding carboxylic acids is 1. The largest absolute Gasteiger partial charge is 0.326 e. The lowest BCUT2D eigenvalue weighted by atomic mass is 10.2. The van der Waals surface area contributed by atoms with E-state index >= 15 is 0 Å². The highest BCUT2D eigenvalue weighted by atomic mass is 35.5. The summed E-state index contributed by atoms with van der Waals surface area (Å²) in [6, 6.07) is 10.9. The van der Waals surface area contributed by atoms with Gasteiger partial charge in [-0.1, -0.05) is 11.6 Å². The van der Waals surface area contributed by atoms with Gasteiger partial charge in [-0.25, -0.2) is 8.42 Å². The van der Waals surface area contributed by atoms with E-state index in [4.69, 9.17) is 11.6 Å². The van der Waals surface area contributed by atoms with E-state index in [0.717, 1.165) is 0 Å². The molecule has 1 aliphatic heterocycles. The number of nitrogens with one attached hydrogen (secondary N) is 2. The summed E-state index contributed by atoms with van der Waals surface area (Å²) in [4.78, 5) is 11.4. The Morgan fingerprint density at radius 1 is 1.10 bits per heavy atom. The molecule has 0 aliphatic carbocycles. The zero-order valence-corrected chi connectivity index (χ0v) is 12.3. The highest BCUT2D eigenvalue weighted by Gasteiger charge is 2.21. The SMILES string of the molecule is O=C1Cc2cc(S(=O)(=O)Nc3ccc(Cl)cc3)ccc2N1. The molecule has 0 saturated carbocycles. The molecule has 1 aliphatic rings. The summed E-state index contributed by atoms with van der Waals surface area (Å²) in [6.07, 6.45) is 0.194. The van der Waals surface area contributed by atoms with Gasteiger partial charge in [-0.05, 0) is 48.0 Å². The third-order valence-electron chi connectivity index (χ3n) is 3.11. The van der Waals surface area contributed by atoms with Crippen molar-refractivity contribution in [2.45, 2.75) is 11.3 Å². The Morgan fingerprint density at radius 2 is 1.81 bits per heavy atom. The Labute approximate surface area is 127 Å². The average molecular weight is 323 g/mol. The lowest BCUT2D eigenvalue weighted by Gasteiger charge is -2.09. The zero-order chi connectivity index (χ0) is 15.0. The van der Waals surface area contributed by atoms with Crippen LogP contribution in [0.3, 0.4) is 0 Å². The van der Waals surface area contributed by atoms with Crippen molar-refractivity contribution in [2.24, 2.45) is 0 Å². The standard InChI is InChI=1S/C14H11ClN2O3S/c15-10-1-3-11(4-2-10)17-21(19,20)12-5-6-13-9(7-12)8-14(18)16-13/h1-7,17H,8H2,(H,16,18). The smallest absolute Gasteiger partial charge is 0.261 e. The van der Waals surface area contributed by atoms with Crippen LogP contribution < -0.4 is 10.0 Å². The molecular formula is C14H11ClN2O3S. The predicted octanol–water partition coefficient (Wildman–Crippen LogP) is 2.64. The van der Waals surface area contributed by atoms with E-state index in [1.807, 2.05) is 0 Å². The number of hydrogen-bond acceptors (Lipinski definition) is 3. The molecule has 1 amide bonds. The first-order valence-electron chi connectivity index (χ1n) is 6.15. The van der Waals surface area contributed by atoms with E-state index in [-0.39, 0.29) is 17.2 Å². The number of anilines is 2. The van der Waals surface area contributed by atoms with E-state index in [1.54, 1.807) is 30.3 Å². The van der Waals surface area contributed by atoms with Crippen molar-refractivity contribution in [3.8, 4) is 0 Å². The minimum Gasteiger partial charge on any atom is -0.326 e. The molecule has 21 heavy (non-hydrogen) atoms. The van der Waals surface area contributed by atoms with Gasteiger partial charge in [0, 0.05) is 16.4 Å². The normalized spacial score (nSPS) is 13.7. The van der Waals surface area contributed by atoms with Gasteiger partial charge in [0.15, 0.2) is 0 Å². The minimum atomic E-state index is -3.70. The minimum absolute atomic E-state index is 0.118. The van der Waals surface area contributed by atoms with Crippen molar-refractivity contribution >= 4 is 38.9 Å². The Balaban J connectivity index is 1.90. The molecule has 0 bridgehead atoms. The average Bonchev–Trinajstić information content (AvgIpc) is 2.80. The third-order valence-corrected chi connectivity index (χ3v) is 4.74. The van der Waals surface area contributed by atoms with Crippen molar-refractivity contribution in [1.82, 2.24) is 0 Å².